The summed E-state index contributed by atoms with van der Waals surface area (Å²) in [5.41, 5.74) is 1.61. The fourth-order valence-electron chi connectivity index (χ4n) is 5.44. The van der Waals surface area contributed by atoms with E-state index in [1.54, 1.807) is 13.2 Å². The Balaban J connectivity index is 1.36. The number of nitrogens with zero attached hydrogens (tertiary/aromatic N) is 1. The lowest BCUT2D eigenvalue weighted by molar-refractivity contribution is -0.166. The minimum Gasteiger partial charge on any atom is -0.492 e. The Labute approximate surface area is 215 Å². The first-order valence-electron chi connectivity index (χ1n) is 12.9. The van der Waals surface area contributed by atoms with Gasteiger partial charge >= 0.3 is 5.97 Å². The third-order valence-corrected chi connectivity index (χ3v) is 7.60. The molecule has 3 aliphatic rings. The maximum atomic E-state index is 12.7. The van der Waals surface area contributed by atoms with Crippen LogP contribution in [-0.4, -0.2) is 81.3 Å². The number of allylic oxidation sites excluding steroid dienone is 1. The predicted molar refractivity (Wildman–Crippen MR) is 139 cm³/mol. The van der Waals surface area contributed by atoms with Gasteiger partial charge in [0.25, 0.3) is 0 Å². The molecule has 0 N–H and O–H groups in total. The fourth-order valence-corrected chi connectivity index (χ4v) is 5.44. The summed E-state index contributed by atoms with van der Waals surface area (Å²) >= 11 is 0. The van der Waals surface area contributed by atoms with Crippen LogP contribution in [0.4, 0.5) is 0 Å². The molecule has 1 saturated carbocycles. The Morgan fingerprint density at radius 1 is 1.22 bits per heavy atom. The van der Waals surface area contributed by atoms with Crippen LogP contribution in [0.3, 0.4) is 0 Å². The minimum atomic E-state index is -0.372. The van der Waals surface area contributed by atoms with E-state index in [1.165, 1.54) is 11.6 Å². The molecule has 2 aliphatic heterocycles. The molecule has 4 rings (SSSR count). The van der Waals surface area contributed by atoms with E-state index in [0.717, 1.165) is 30.7 Å². The summed E-state index contributed by atoms with van der Waals surface area (Å²) in [5, 5.41) is 0. The Morgan fingerprint density at radius 2 is 1.94 bits per heavy atom. The van der Waals surface area contributed by atoms with Crippen molar-refractivity contribution in [2.75, 3.05) is 41.0 Å². The van der Waals surface area contributed by atoms with Gasteiger partial charge in [-0.15, -0.1) is 0 Å². The largest absolute Gasteiger partial charge is 0.492 e. The number of epoxide rings is 2. The van der Waals surface area contributed by atoms with E-state index in [-0.39, 0.29) is 41.4 Å². The van der Waals surface area contributed by atoms with Gasteiger partial charge < -0.3 is 28.6 Å². The van der Waals surface area contributed by atoms with E-state index in [2.05, 4.69) is 31.7 Å². The molecule has 6 atom stereocenters. The number of methoxy groups -OCH3 is 1. The molecule has 0 amide bonds. The van der Waals surface area contributed by atoms with E-state index in [4.69, 9.17) is 23.7 Å². The zero-order valence-electron chi connectivity index (χ0n) is 22.5. The summed E-state index contributed by atoms with van der Waals surface area (Å²) < 4.78 is 29.8. The van der Waals surface area contributed by atoms with Crippen molar-refractivity contribution in [2.45, 2.75) is 69.5 Å². The van der Waals surface area contributed by atoms with E-state index in [9.17, 15) is 4.79 Å². The summed E-state index contributed by atoms with van der Waals surface area (Å²) in [7, 11) is 5.72. The first-order valence-corrected chi connectivity index (χ1v) is 12.9. The van der Waals surface area contributed by atoms with Gasteiger partial charge in [-0.05, 0) is 77.9 Å². The van der Waals surface area contributed by atoms with Gasteiger partial charge in [0, 0.05) is 19.7 Å². The highest BCUT2D eigenvalue weighted by Crippen LogP contribution is 2.59. The van der Waals surface area contributed by atoms with Crippen LogP contribution in [0.15, 0.2) is 42.0 Å². The molecular formula is C29H41NO6. The van der Waals surface area contributed by atoms with Gasteiger partial charge in [-0.1, -0.05) is 23.8 Å². The Hall–Kier alpha value is -2.19. The highest BCUT2D eigenvalue weighted by Gasteiger charge is 2.72. The van der Waals surface area contributed by atoms with Crippen LogP contribution in [0.2, 0.25) is 0 Å². The summed E-state index contributed by atoms with van der Waals surface area (Å²) in [5.74, 6) is 0.450. The van der Waals surface area contributed by atoms with Crippen LogP contribution >= 0.6 is 0 Å². The molecule has 7 nitrogen and oxygen atoms in total. The number of likely N-dealkylation sites (N-methyl/N-ethyl adjacent to an activating group) is 1. The molecule has 1 spiro atoms. The Kier molecular flexibility index (Phi) is 8.25. The second-order valence-electron chi connectivity index (χ2n) is 10.9. The lowest BCUT2D eigenvalue weighted by atomic mass is 9.68. The van der Waals surface area contributed by atoms with Crippen molar-refractivity contribution in [3.63, 3.8) is 0 Å². The first kappa shape index (κ1) is 26.9. The lowest BCUT2D eigenvalue weighted by Crippen LogP contribution is -2.55. The molecule has 1 aliphatic carbocycles. The average Bonchev–Trinajstić information content (AvgIpc) is 3.75. The second-order valence-corrected chi connectivity index (χ2v) is 10.9. The van der Waals surface area contributed by atoms with Crippen LogP contribution in [-0.2, 0) is 23.7 Å². The molecule has 0 bridgehead atoms. The molecule has 3 fully saturated rings. The predicted octanol–water partition coefficient (Wildman–Crippen LogP) is 4.26. The van der Waals surface area contributed by atoms with E-state index in [0.29, 0.717) is 19.6 Å². The molecule has 36 heavy (non-hydrogen) atoms. The number of hydrogen-bond donors (Lipinski definition) is 0. The highest BCUT2D eigenvalue weighted by molar-refractivity contribution is 5.87. The molecule has 2 heterocycles. The van der Waals surface area contributed by atoms with Crippen LogP contribution in [0.25, 0.3) is 6.08 Å². The molecular weight excluding hydrogens is 458 g/mol. The number of rotatable bonds is 11. The molecule has 198 valence electrons. The smallest absolute Gasteiger partial charge is 0.331 e. The zero-order chi connectivity index (χ0) is 25.9. The topological polar surface area (TPSA) is 73.1 Å². The van der Waals surface area contributed by atoms with Gasteiger partial charge in [0.2, 0.25) is 0 Å². The molecule has 7 heteroatoms. The van der Waals surface area contributed by atoms with Crippen molar-refractivity contribution in [1.29, 1.82) is 0 Å². The van der Waals surface area contributed by atoms with Gasteiger partial charge in [0.1, 0.15) is 35.8 Å². The summed E-state index contributed by atoms with van der Waals surface area (Å²) in [6.45, 7) is 8.54. The van der Waals surface area contributed by atoms with Gasteiger partial charge in [0.05, 0.1) is 18.6 Å². The minimum absolute atomic E-state index is 0.0149. The van der Waals surface area contributed by atoms with Gasteiger partial charge in [-0.3, -0.25) is 0 Å². The third-order valence-electron chi connectivity index (χ3n) is 7.60. The average molecular weight is 500 g/mol. The SMILES string of the molecule is CO[C@H]1[C@H](C2(C)O[C@@H]2CC=C(C)C)[C@]2(CC[C@H]1OC(=O)/C=C/c1ccc(OCCN(C)C)cc1)CO2. The normalized spacial score (nSPS) is 33.1. The van der Waals surface area contributed by atoms with E-state index >= 15 is 0 Å². The van der Waals surface area contributed by atoms with Gasteiger partial charge in [0.15, 0.2) is 0 Å². The van der Waals surface area contributed by atoms with Crippen molar-refractivity contribution in [2.24, 2.45) is 5.92 Å². The molecule has 0 radical (unpaired) electrons. The van der Waals surface area contributed by atoms with Crippen LogP contribution in [0.5, 0.6) is 5.75 Å². The van der Waals surface area contributed by atoms with Crippen LogP contribution in [0.1, 0.15) is 45.6 Å². The highest BCUT2D eigenvalue weighted by atomic mass is 16.6. The number of hydrogen-bond acceptors (Lipinski definition) is 7. The standard InChI is InChI=1S/C29H41NO6/c1-20(2)7-13-24-28(3,36-24)27-26(32-6)23(15-16-29(27)19-34-29)35-25(31)14-10-21-8-11-22(12-9-21)33-18-17-30(4)5/h7-12,14,23-24,26-27H,13,15-19H2,1-6H3/b14-10+/t23-,24-,26-,27-,28?,29+/m1/s1. The number of benzene rings is 1. The van der Waals surface area contributed by atoms with Crippen molar-refractivity contribution >= 4 is 12.0 Å². The van der Waals surface area contributed by atoms with Crippen LogP contribution < -0.4 is 4.74 Å². The number of ether oxygens (including phenoxy) is 5. The summed E-state index contributed by atoms with van der Waals surface area (Å²) in [6, 6.07) is 7.67. The van der Waals surface area contributed by atoms with Crippen molar-refractivity contribution < 1.29 is 28.5 Å². The third kappa shape index (κ3) is 6.20. The maximum Gasteiger partial charge on any atom is 0.331 e. The summed E-state index contributed by atoms with van der Waals surface area (Å²) in [6.07, 6.45) is 7.38. The summed E-state index contributed by atoms with van der Waals surface area (Å²) in [4.78, 5) is 14.8. The number of carbonyl (C=O) groups excluding carboxylic acids is 1. The monoisotopic (exact) mass is 499 g/mol. The van der Waals surface area contributed by atoms with Crippen molar-refractivity contribution in [1.82, 2.24) is 4.90 Å². The Bertz CT molecular complexity index is 962. The molecule has 1 aromatic rings. The van der Waals surface area contributed by atoms with Crippen LogP contribution in [0, 0.1) is 5.92 Å². The van der Waals surface area contributed by atoms with Gasteiger partial charge in [-0.25, -0.2) is 4.79 Å². The second kappa shape index (κ2) is 11.1. The molecule has 2 saturated heterocycles. The van der Waals surface area contributed by atoms with Crippen molar-refractivity contribution in [3.8, 4) is 5.75 Å². The first-order chi connectivity index (χ1) is 17.2. The number of esters is 1. The quantitative estimate of drug-likeness (QED) is 0.195. The molecule has 0 aromatic heterocycles. The Morgan fingerprint density at radius 3 is 2.56 bits per heavy atom. The molecule has 1 unspecified atom stereocenters. The van der Waals surface area contributed by atoms with E-state index in [1.807, 2.05) is 38.4 Å². The zero-order valence-corrected chi connectivity index (χ0v) is 22.5. The fraction of sp³-hybridized carbons (Fsp3) is 0.621. The number of carbonyl (C=O) groups is 1. The molecule has 1 aromatic carbocycles. The van der Waals surface area contributed by atoms with Gasteiger partial charge in [-0.2, -0.15) is 0 Å². The van der Waals surface area contributed by atoms with E-state index < -0.39 is 0 Å². The lowest BCUT2D eigenvalue weighted by Gasteiger charge is -2.42. The maximum absolute atomic E-state index is 12.7. The van der Waals surface area contributed by atoms with Crippen molar-refractivity contribution in [3.05, 3.63) is 47.6 Å².